The summed E-state index contributed by atoms with van der Waals surface area (Å²) < 4.78 is 11.3. The van der Waals surface area contributed by atoms with Gasteiger partial charge in [-0.15, -0.1) is 0 Å². The Labute approximate surface area is 135 Å². The maximum absolute atomic E-state index is 6.03. The molecule has 2 nitrogen and oxygen atoms in total. The van der Waals surface area contributed by atoms with Crippen molar-refractivity contribution in [3.8, 4) is 11.5 Å². The summed E-state index contributed by atoms with van der Waals surface area (Å²) in [4.78, 5) is 0. The second kappa shape index (κ2) is 6.17. The topological polar surface area (TPSA) is 18.5 Å². The largest absolute Gasteiger partial charge is 0.544 e. The molecule has 0 saturated heterocycles. The van der Waals surface area contributed by atoms with Crippen molar-refractivity contribution >= 4 is 8.32 Å². The molecule has 0 unspecified atom stereocenters. The summed E-state index contributed by atoms with van der Waals surface area (Å²) in [5, 5.41) is 0. The molecule has 3 heteroatoms. The highest BCUT2D eigenvalue weighted by Gasteiger charge is 2.23. The molecule has 0 aliphatic carbocycles. The van der Waals surface area contributed by atoms with Crippen molar-refractivity contribution in [2.24, 2.45) is 0 Å². The number of benzene rings is 2. The van der Waals surface area contributed by atoms with Gasteiger partial charge in [-0.3, -0.25) is 0 Å². The van der Waals surface area contributed by atoms with Crippen LogP contribution in [-0.2, 0) is 5.41 Å². The number of hydrogen-bond acceptors (Lipinski definition) is 2. The molecule has 0 bridgehead atoms. The third kappa shape index (κ3) is 3.92. The first kappa shape index (κ1) is 16.6. The van der Waals surface area contributed by atoms with Crippen LogP contribution in [0.15, 0.2) is 48.5 Å². The van der Waals surface area contributed by atoms with E-state index in [1.54, 1.807) is 7.11 Å². The van der Waals surface area contributed by atoms with Gasteiger partial charge in [-0.2, -0.15) is 0 Å². The van der Waals surface area contributed by atoms with E-state index in [0.717, 1.165) is 11.5 Å². The van der Waals surface area contributed by atoms with Gasteiger partial charge in [-0.25, -0.2) is 0 Å². The van der Waals surface area contributed by atoms with Crippen LogP contribution in [0.2, 0.25) is 19.6 Å². The average molecular weight is 315 g/mol. The van der Waals surface area contributed by atoms with Gasteiger partial charge in [0.25, 0.3) is 0 Å². The van der Waals surface area contributed by atoms with E-state index in [4.69, 9.17) is 9.16 Å². The molecule has 0 aliphatic rings. The second-order valence-electron chi connectivity index (χ2n) is 7.09. The molecule has 0 aliphatic heterocycles. The molecular formula is C19H26O2Si. The van der Waals surface area contributed by atoms with Gasteiger partial charge in [0.15, 0.2) is 0 Å². The van der Waals surface area contributed by atoms with Gasteiger partial charge in [0, 0.05) is 5.41 Å². The lowest BCUT2D eigenvalue weighted by Crippen LogP contribution is -2.29. The Morgan fingerprint density at radius 2 is 1.14 bits per heavy atom. The average Bonchev–Trinajstić information content (AvgIpc) is 2.46. The maximum Gasteiger partial charge on any atom is 0.242 e. The lowest BCUT2D eigenvalue weighted by molar-refractivity contribution is 0.414. The van der Waals surface area contributed by atoms with Gasteiger partial charge in [0.1, 0.15) is 11.5 Å². The summed E-state index contributed by atoms with van der Waals surface area (Å²) in [5.41, 5.74) is 2.50. The second-order valence-corrected chi connectivity index (χ2v) is 11.5. The van der Waals surface area contributed by atoms with E-state index in [1.807, 2.05) is 12.1 Å². The Morgan fingerprint density at radius 1 is 0.727 bits per heavy atom. The van der Waals surface area contributed by atoms with E-state index in [2.05, 4.69) is 69.9 Å². The zero-order valence-corrected chi connectivity index (χ0v) is 15.4. The number of hydrogen-bond donors (Lipinski definition) is 0. The van der Waals surface area contributed by atoms with Crippen LogP contribution >= 0.6 is 0 Å². The molecule has 0 aromatic heterocycles. The molecular weight excluding hydrogens is 288 g/mol. The van der Waals surface area contributed by atoms with Crippen LogP contribution in [-0.4, -0.2) is 15.4 Å². The molecule has 118 valence electrons. The first-order valence-corrected chi connectivity index (χ1v) is 11.1. The molecule has 2 rings (SSSR count). The maximum atomic E-state index is 6.03. The predicted octanol–water partition coefficient (Wildman–Crippen LogP) is 5.23. The zero-order valence-electron chi connectivity index (χ0n) is 14.4. The quantitative estimate of drug-likeness (QED) is 0.703. The van der Waals surface area contributed by atoms with E-state index in [9.17, 15) is 0 Å². The fraction of sp³-hybridized carbons (Fsp3) is 0.368. The molecule has 0 atom stereocenters. The Kier molecular flexibility index (Phi) is 4.66. The number of ether oxygens (including phenoxy) is 1. The lowest BCUT2D eigenvalue weighted by Gasteiger charge is -2.27. The summed E-state index contributed by atoms with van der Waals surface area (Å²) in [5.74, 6) is 1.85. The fourth-order valence-corrected chi connectivity index (χ4v) is 3.31. The molecule has 0 heterocycles. The molecule has 0 spiro atoms. The van der Waals surface area contributed by atoms with Crippen molar-refractivity contribution in [1.29, 1.82) is 0 Å². The van der Waals surface area contributed by atoms with Gasteiger partial charge in [0.2, 0.25) is 8.32 Å². The molecule has 2 aromatic carbocycles. The normalized spacial score (nSPS) is 12.1. The van der Waals surface area contributed by atoms with Crippen LogP contribution in [0.5, 0.6) is 11.5 Å². The van der Waals surface area contributed by atoms with E-state index in [1.165, 1.54) is 11.1 Å². The van der Waals surface area contributed by atoms with Crippen molar-refractivity contribution in [2.45, 2.75) is 38.9 Å². The Balaban J connectivity index is 2.24. The first-order chi connectivity index (χ1) is 10.2. The van der Waals surface area contributed by atoms with Crippen molar-refractivity contribution in [3.63, 3.8) is 0 Å². The Bertz CT molecular complexity index is 607. The molecule has 0 N–H and O–H groups in total. The summed E-state index contributed by atoms with van der Waals surface area (Å²) in [6.45, 7) is 11.1. The first-order valence-electron chi connectivity index (χ1n) is 7.66. The highest BCUT2D eigenvalue weighted by Crippen LogP contribution is 2.33. The minimum absolute atomic E-state index is 0.0516. The molecule has 0 amide bonds. The summed E-state index contributed by atoms with van der Waals surface area (Å²) in [6, 6.07) is 16.8. The fourth-order valence-electron chi connectivity index (χ4n) is 2.47. The van der Waals surface area contributed by atoms with Crippen molar-refractivity contribution < 1.29 is 9.16 Å². The van der Waals surface area contributed by atoms with Gasteiger partial charge in [0.05, 0.1) is 7.11 Å². The van der Waals surface area contributed by atoms with Gasteiger partial charge in [-0.05, 0) is 55.0 Å². The SMILES string of the molecule is COc1ccc(C(C)(C)c2ccc(O[Si](C)(C)C)cc2)cc1. The number of rotatable bonds is 5. The van der Waals surface area contributed by atoms with Crippen LogP contribution in [0.4, 0.5) is 0 Å². The lowest BCUT2D eigenvalue weighted by atomic mass is 9.78. The van der Waals surface area contributed by atoms with E-state index in [-0.39, 0.29) is 5.41 Å². The van der Waals surface area contributed by atoms with E-state index < -0.39 is 8.32 Å². The van der Waals surface area contributed by atoms with Gasteiger partial charge >= 0.3 is 0 Å². The molecule has 0 radical (unpaired) electrons. The third-order valence-electron chi connectivity index (χ3n) is 3.81. The van der Waals surface area contributed by atoms with Crippen LogP contribution in [0.3, 0.4) is 0 Å². The molecule has 0 saturated carbocycles. The Hall–Kier alpha value is -1.74. The standard InChI is InChI=1S/C19H26O2Si/c1-19(2,15-7-11-17(20-3)12-8-15)16-9-13-18(14-10-16)21-22(4,5)6/h7-14H,1-6H3. The molecule has 0 fully saturated rings. The smallest absolute Gasteiger partial charge is 0.242 e. The monoisotopic (exact) mass is 314 g/mol. The highest BCUT2D eigenvalue weighted by molar-refractivity contribution is 6.70. The highest BCUT2D eigenvalue weighted by atomic mass is 28.4. The van der Waals surface area contributed by atoms with Crippen LogP contribution < -0.4 is 9.16 Å². The van der Waals surface area contributed by atoms with Gasteiger partial charge < -0.3 is 9.16 Å². The molecule has 22 heavy (non-hydrogen) atoms. The molecule has 2 aromatic rings. The van der Waals surface area contributed by atoms with Crippen LogP contribution in [0, 0.1) is 0 Å². The van der Waals surface area contributed by atoms with Crippen molar-refractivity contribution in [2.75, 3.05) is 7.11 Å². The predicted molar refractivity (Wildman–Crippen MR) is 95.5 cm³/mol. The summed E-state index contributed by atoms with van der Waals surface area (Å²) in [6.07, 6.45) is 0. The number of methoxy groups -OCH3 is 1. The van der Waals surface area contributed by atoms with Crippen molar-refractivity contribution in [3.05, 3.63) is 59.7 Å². The van der Waals surface area contributed by atoms with Crippen LogP contribution in [0.1, 0.15) is 25.0 Å². The summed E-state index contributed by atoms with van der Waals surface area (Å²) >= 11 is 0. The van der Waals surface area contributed by atoms with Gasteiger partial charge in [-0.1, -0.05) is 38.1 Å². The zero-order chi connectivity index (χ0) is 16.4. The van der Waals surface area contributed by atoms with Crippen LogP contribution in [0.25, 0.3) is 0 Å². The third-order valence-corrected chi connectivity index (χ3v) is 4.66. The van der Waals surface area contributed by atoms with E-state index in [0.29, 0.717) is 0 Å². The van der Waals surface area contributed by atoms with E-state index >= 15 is 0 Å². The van der Waals surface area contributed by atoms with Crippen molar-refractivity contribution in [1.82, 2.24) is 0 Å². The Morgan fingerprint density at radius 3 is 1.50 bits per heavy atom. The minimum Gasteiger partial charge on any atom is -0.544 e. The summed E-state index contributed by atoms with van der Waals surface area (Å²) in [7, 11) is 0.142. The minimum atomic E-state index is -1.55.